The lowest BCUT2D eigenvalue weighted by atomic mass is 10.0. The summed E-state index contributed by atoms with van der Waals surface area (Å²) in [6.07, 6.45) is 1.41. The molecule has 0 fully saturated rings. The SMILES string of the molecule is CC(C)c1ccc(NC2=C(Sc3cccc(NC(=O)c4ccco4)c3)C(=O)N(c3ccc(F)cc3)C2=O)cc1. The number of thioether (sulfide) groups is 1. The molecule has 1 aromatic heterocycles. The normalized spacial score (nSPS) is 13.4. The molecule has 2 N–H and O–H groups in total. The fourth-order valence-electron chi connectivity index (χ4n) is 3.99. The summed E-state index contributed by atoms with van der Waals surface area (Å²) in [6.45, 7) is 4.18. The second kappa shape index (κ2) is 11.0. The zero-order valence-electron chi connectivity index (χ0n) is 21.1. The lowest BCUT2D eigenvalue weighted by Crippen LogP contribution is -2.32. The molecule has 196 valence electrons. The molecule has 3 amide bonds. The highest BCUT2D eigenvalue weighted by molar-refractivity contribution is 8.04. The monoisotopic (exact) mass is 541 g/mol. The largest absolute Gasteiger partial charge is 0.459 e. The van der Waals surface area contributed by atoms with Crippen molar-refractivity contribution in [1.29, 1.82) is 0 Å². The van der Waals surface area contributed by atoms with E-state index in [9.17, 15) is 18.8 Å². The molecule has 9 heteroatoms. The first kappa shape index (κ1) is 26.0. The Balaban J connectivity index is 1.46. The number of furan rings is 1. The number of halogens is 1. The van der Waals surface area contributed by atoms with Crippen molar-refractivity contribution in [3.05, 3.63) is 119 Å². The number of nitrogens with zero attached hydrogens (tertiary/aromatic N) is 1. The molecule has 2 heterocycles. The zero-order chi connectivity index (χ0) is 27.5. The number of benzene rings is 3. The standard InChI is InChI=1S/C30H24FN3O4S/c1-18(2)19-8-12-21(13-9-19)32-26-27(30(37)34(29(26)36)23-14-10-20(31)11-15-23)39-24-6-3-5-22(17-24)33-28(35)25-7-4-16-38-25/h3-18,32H,1-2H3,(H,33,35). The molecule has 5 rings (SSSR count). The second-order valence-electron chi connectivity index (χ2n) is 9.09. The number of carbonyl (C=O) groups excluding carboxylic acids is 3. The van der Waals surface area contributed by atoms with E-state index < -0.39 is 23.5 Å². The van der Waals surface area contributed by atoms with E-state index >= 15 is 0 Å². The summed E-state index contributed by atoms with van der Waals surface area (Å²) in [5, 5.41) is 5.88. The molecule has 1 aliphatic heterocycles. The van der Waals surface area contributed by atoms with Crippen LogP contribution in [0.4, 0.5) is 21.5 Å². The number of anilines is 3. The van der Waals surface area contributed by atoms with E-state index in [2.05, 4.69) is 24.5 Å². The third-order valence-corrected chi connectivity index (χ3v) is 7.10. The van der Waals surface area contributed by atoms with Crippen molar-refractivity contribution in [1.82, 2.24) is 0 Å². The summed E-state index contributed by atoms with van der Waals surface area (Å²) in [5.41, 5.74) is 2.65. The van der Waals surface area contributed by atoms with Gasteiger partial charge in [0.25, 0.3) is 17.7 Å². The van der Waals surface area contributed by atoms with Crippen LogP contribution < -0.4 is 15.5 Å². The van der Waals surface area contributed by atoms with Gasteiger partial charge in [0.15, 0.2) is 5.76 Å². The average molecular weight is 542 g/mol. The van der Waals surface area contributed by atoms with Crippen LogP contribution in [0.2, 0.25) is 0 Å². The summed E-state index contributed by atoms with van der Waals surface area (Å²) in [6, 6.07) is 22.9. The van der Waals surface area contributed by atoms with Gasteiger partial charge in [-0.1, -0.05) is 43.8 Å². The van der Waals surface area contributed by atoms with Crippen molar-refractivity contribution in [3.63, 3.8) is 0 Å². The summed E-state index contributed by atoms with van der Waals surface area (Å²) in [5.74, 6) is -1.47. The number of amides is 3. The maximum atomic E-state index is 13.6. The van der Waals surface area contributed by atoms with Crippen LogP contribution in [0.3, 0.4) is 0 Å². The number of hydrogen-bond acceptors (Lipinski definition) is 6. The van der Waals surface area contributed by atoms with E-state index in [1.54, 1.807) is 36.4 Å². The van der Waals surface area contributed by atoms with Gasteiger partial charge in [-0.05, 0) is 78.2 Å². The predicted molar refractivity (Wildman–Crippen MR) is 149 cm³/mol. The molecule has 0 atom stereocenters. The van der Waals surface area contributed by atoms with Crippen molar-refractivity contribution < 1.29 is 23.2 Å². The first-order valence-electron chi connectivity index (χ1n) is 12.2. The summed E-state index contributed by atoms with van der Waals surface area (Å²) in [4.78, 5) is 41.3. The van der Waals surface area contributed by atoms with Crippen molar-refractivity contribution in [2.45, 2.75) is 24.7 Å². The Kier molecular flexibility index (Phi) is 7.33. The van der Waals surface area contributed by atoms with Crippen molar-refractivity contribution in [2.75, 3.05) is 15.5 Å². The van der Waals surface area contributed by atoms with Gasteiger partial charge in [0.1, 0.15) is 16.4 Å². The number of imide groups is 1. The molecule has 1 aliphatic rings. The van der Waals surface area contributed by atoms with E-state index in [-0.39, 0.29) is 22.0 Å². The average Bonchev–Trinajstić information content (AvgIpc) is 3.54. The third kappa shape index (κ3) is 5.63. The van der Waals surface area contributed by atoms with Gasteiger partial charge in [-0.3, -0.25) is 14.4 Å². The molecule has 0 saturated carbocycles. The van der Waals surface area contributed by atoms with Gasteiger partial charge >= 0.3 is 0 Å². The van der Waals surface area contributed by atoms with Crippen LogP contribution in [0.25, 0.3) is 0 Å². The quantitative estimate of drug-likeness (QED) is 0.239. The molecule has 0 bridgehead atoms. The maximum absolute atomic E-state index is 13.6. The lowest BCUT2D eigenvalue weighted by Gasteiger charge is -2.15. The molecule has 39 heavy (non-hydrogen) atoms. The van der Waals surface area contributed by atoms with Gasteiger partial charge in [-0.2, -0.15) is 0 Å². The van der Waals surface area contributed by atoms with E-state index in [4.69, 9.17) is 4.42 Å². The highest BCUT2D eigenvalue weighted by Gasteiger charge is 2.40. The highest BCUT2D eigenvalue weighted by Crippen LogP contribution is 2.38. The van der Waals surface area contributed by atoms with Crippen LogP contribution in [0.15, 0.2) is 111 Å². The minimum Gasteiger partial charge on any atom is -0.459 e. The Morgan fingerprint density at radius 3 is 2.31 bits per heavy atom. The topological polar surface area (TPSA) is 91.7 Å². The first-order chi connectivity index (χ1) is 18.8. The van der Waals surface area contributed by atoms with E-state index in [1.807, 2.05) is 24.3 Å². The molecule has 0 spiro atoms. The van der Waals surface area contributed by atoms with Gasteiger partial charge in [0.05, 0.1) is 12.0 Å². The van der Waals surface area contributed by atoms with Crippen molar-refractivity contribution >= 4 is 46.5 Å². The summed E-state index contributed by atoms with van der Waals surface area (Å²) < 4.78 is 18.7. The molecule has 0 saturated heterocycles. The molecular weight excluding hydrogens is 517 g/mol. The predicted octanol–water partition coefficient (Wildman–Crippen LogP) is 6.78. The smallest absolute Gasteiger partial charge is 0.291 e. The van der Waals surface area contributed by atoms with Gasteiger partial charge in [-0.15, -0.1) is 0 Å². The highest BCUT2D eigenvalue weighted by atomic mass is 32.2. The fourth-order valence-corrected chi connectivity index (χ4v) is 4.98. The van der Waals surface area contributed by atoms with E-state index in [0.29, 0.717) is 22.2 Å². The molecule has 3 aromatic carbocycles. The van der Waals surface area contributed by atoms with Crippen LogP contribution in [0, 0.1) is 5.82 Å². The summed E-state index contributed by atoms with van der Waals surface area (Å²) in [7, 11) is 0. The minimum atomic E-state index is -0.552. The van der Waals surface area contributed by atoms with Gasteiger partial charge < -0.3 is 15.1 Å². The van der Waals surface area contributed by atoms with Crippen LogP contribution in [-0.4, -0.2) is 17.7 Å². The van der Waals surface area contributed by atoms with Crippen LogP contribution in [0.5, 0.6) is 0 Å². The molecule has 0 radical (unpaired) electrons. The van der Waals surface area contributed by atoms with E-state index in [0.717, 1.165) is 22.2 Å². The maximum Gasteiger partial charge on any atom is 0.291 e. The number of rotatable bonds is 8. The Morgan fingerprint density at radius 2 is 1.64 bits per heavy atom. The van der Waals surface area contributed by atoms with Crippen molar-refractivity contribution in [2.24, 2.45) is 0 Å². The molecule has 0 unspecified atom stereocenters. The Bertz CT molecular complexity index is 1560. The molecule has 7 nitrogen and oxygen atoms in total. The van der Waals surface area contributed by atoms with Crippen molar-refractivity contribution in [3.8, 4) is 0 Å². The Morgan fingerprint density at radius 1 is 0.897 bits per heavy atom. The molecular formula is C30H24FN3O4S. The summed E-state index contributed by atoms with van der Waals surface area (Å²) >= 11 is 1.10. The number of nitrogens with one attached hydrogen (secondary N) is 2. The second-order valence-corrected chi connectivity index (χ2v) is 10.2. The van der Waals surface area contributed by atoms with Crippen LogP contribution in [0.1, 0.15) is 35.9 Å². The van der Waals surface area contributed by atoms with E-state index in [1.165, 1.54) is 30.5 Å². The number of carbonyl (C=O) groups is 3. The third-order valence-electron chi connectivity index (χ3n) is 6.03. The lowest BCUT2D eigenvalue weighted by molar-refractivity contribution is -0.120. The van der Waals surface area contributed by atoms with Gasteiger partial charge in [0, 0.05) is 16.3 Å². The Hall–Kier alpha value is -4.63. The number of hydrogen-bond donors (Lipinski definition) is 2. The molecule has 0 aliphatic carbocycles. The minimum absolute atomic E-state index is 0.108. The first-order valence-corrected chi connectivity index (χ1v) is 13.0. The Labute approximate surface area is 228 Å². The van der Waals surface area contributed by atoms with Gasteiger partial charge in [0.2, 0.25) is 0 Å². The van der Waals surface area contributed by atoms with Gasteiger partial charge in [-0.25, -0.2) is 9.29 Å². The van der Waals surface area contributed by atoms with Crippen LogP contribution in [-0.2, 0) is 9.59 Å². The van der Waals surface area contributed by atoms with Crippen LogP contribution >= 0.6 is 11.8 Å². The zero-order valence-corrected chi connectivity index (χ0v) is 21.9. The molecule has 4 aromatic rings. The fraction of sp³-hybridized carbons (Fsp3) is 0.100.